The van der Waals surface area contributed by atoms with Crippen molar-refractivity contribution in [1.82, 2.24) is 10.3 Å². The van der Waals surface area contributed by atoms with E-state index in [1.54, 1.807) is 6.07 Å². The number of benzene rings is 1. The number of amides is 2. The molecule has 6 nitrogen and oxygen atoms in total. The fourth-order valence-corrected chi connectivity index (χ4v) is 1.79. The zero-order valence-electron chi connectivity index (χ0n) is 11.0. The summed E-state index contributed by atoms with van der Waals surface area (Å²) >= 11 is 0. The van der Waals surface area contributed by atoms with Crippen LogP contribution < -0.4 is 10.6 Å². The first-order valence-electron chi connectivity index (χ1n) is 6.19. The number of carboxylic acids is 1. The van der Waals surface area contributed by atoms with Gasteiger partial charge in [0.15, 0.2) is 0 Å². The van der Waals surface area contributed by atoms with Crippen molar-refractivity contribution in [1.29, 1.82) is 0 Å². The Morgan fingerprint density at radius 2 is 2.05 bits per heavy atom. The molecule has 0 aliphatic rings. The highest BCUT2D eigenvalue weighted by atomic mass is 16.4. The number of carbonyl (C=O) groups is 2. The van der Waals surface area contributed by atoms with Crippen LogP contribution in [-0.4, -0.2) is 28.6 Å². The van der Waals surface area contributed by atoms with Gasteiger partial charge in [-0.1, -0.05) is 18.2 Å². The summed E-state index contributed by atoms with van der Waals surface area (Å²) in [6.45, 7) is 1.96. The number of aromatic nitrogens is 1. The minimum atomic E-state index is -0.951. The first-order chi connectivity index (χ1) is 9.56. The van der Waals surface area contributed by atoms with Crippen LogP contribution in [0.3, 0.4) is 0 Å². The molecule has 0 saturated heterocycles. The number of carbonyl (C=O) groups excluding carboxylic acids is 1. The molecule has 20 heavy (non-hydrogen) atoms. The van der Waals surface area contributed by atoms with E-state index in [-0.39, 0.29) is 13.0 Å². The Morgan fingerprint density at radius 3 is 2.80 bits per heavy atom. The Kier molecular flexibility index (Phi) is 4.14. The lowest BCUT2D eigenvalue weighted by atomic mass is 10.2. The van der Waals surface area contributed by atoms with Gasteiger partial charge in [0.2, 0.25) is 0 Å². The first-order valence-corrected chi connectivity index (χ1v) is 6.19. The monoisotopic (exact) mass is 273 g/mol. The number of anilines is 1. The number of aryl methyl sites for hydroxylation is 1. The molecule has 0 atom stereocenters. The van der Waals surface area contributed by atoms with E-state index >= 15 is 0 Å². The van der Waals surface area contributed by atoms with Crippen molar-refractivity contribution in [2.24, 2.45) is 0 Å². The number of urea groups is 1. The van der Waals surface area contributed by atoms with Gasteiger partial charge in [-0.05, 0) is 19.1 Å². The topological polar surface area (TPSA) is 91.3 Å². The average molecular weight is 273 g/mol. The van der Waals surface area contributed by atoms with Crippen LogP contribution in [0.1, 0.15) is 12.1 Å². The number of nitrogens with zero attached hydrogens (tertiary/aromatic N) is 1. The highest BCUT2D eigenvalue weighted by molar-refractivity contribution is 5.99. The van der Waals surface area contributed by atoms with Crippen LogP contribution in [0.2, 0.25) is 0 Å². The lowest BCUT2D eigenvalue weighted by Gasteiger charge is -2.09. The molecule has 6 heteroatoms. The van der Waals surface area contributed by atoms with Crippen molar-refractivity contribution in [2.45, 2.75) is 13.3 Å². The zero-order chi connectivity index (χ0) is 14.5. The minimum absolute atomic E-state index is 0.0817. The van der Waals surface area contributed by atoms with Gasteiger partial charge >= 0.3 is 12.0 Å². The molecular formula is C14H15N3O3. The highest BCUT2D eigenvalue weighted by Gasteiger charge is 2.07. The van der Waals surface area contributed by atoms with Crippen LogP contribution in [0, 0.1) is 6.92 Å². The van der Waals surface area contributed by atoms with E-state index in [1.165, 1.54) is 0 Å². The molecule has 0 spiro atoms. The van der Waals surface area contributed by atoms with Crippen LogP contribution in [0.25, 0.3) is 10.9 Å². The Labute approximate surface area is 115 Å². The van der Waals surface area contributed by atoms with Gasteiger partial charge in [0.25, 0.3) is 0 Å². The molecule has 2 aromatic rings. The van der Waals surface area contributed by atoms with Crippen molar-refractivity contribution in [3.8, 4) is 0 Å². The van der Waals surface area contributed by atoms with E-state index in [2.05, 4.69) is 15.6 Å². The number of pyridine rings is 1. The third-order valence-corrected chi connectivity index (χ3v) is 2.73. The lowest BCUT2D eigenvalue weighted by molar-refractivity contribution is -0.136. The molecule has 0 bridgehead atoms. The summed E-state index contributed by atoms with van der Waals surface area (Å²) in [5.74, 6) is -0.951. The zero-order valence-corrected chi connectivity index (χ0v) is 11.0. The summed E-state index contributed by atoms with van der Waals surface area (Å²) in [5, 5.41) is 14.6. The molecular weight excluding hydrogens is 258 g/mol. The third kappa shape index (κ3) is 3.44. The standard InChI is InChI=1S/C14H15N3O3/c1-9-5-6-10-3-2-4-11(13(10)16-9)17-14(20)15-8-7-12(18)19/h2-6H,7-8H2,1H3,(H,18,19)(H2,15,17,20). The fraction of sp³-hybridized carbons (Fsp3) is 0.214. The second-order valence-electron chi connectivity index (χ2n) is 4.35. The second-order valence-corrected chi connectivity index (χ2v) is 4.35. The van der Waals surface area contributed by atoms with E-state index in [4.69, 9.17) is 5.11 Å². The number of hydrogen-bond donors (Lipinski definition) is 3. The maximum Gasteiger partial charge on any atom is 0.319 e. The normalized spacial score (nSPS) is 10.2. The first kappa shape index (κ1) is 13.8. The van der Waals surface area contributed by atoms with Gasteiger partial charge in [-0.25, -0.2) is 4.79 Å². The number of hydrogen-bond acceptors (Lipinski definition) is 3. The molecule has 0 saturated carbocycles. The van der Waals surface area contributed by atoms with Gasteiger partial charge in [-0.15, -0.1) is 0 Å². The van der Waals surface area contributed by atoms with E-state index < -0.39 is 12.0 Å². The van der Waals surface area contributed by atoms with Crippen LogP contribution in [-0.2, 0) is 4.79 Å². The highest BCUT2D eigenvalue weighted by Crippen LogP contribution is 2.21. The number of nitrogens with one attached hydrogen (secondary N) is 2. The van der Waals surface area contributed by atoms with E-state index in [1.807, 2.05) is 31.2 Å². The minimum Gasteiger partial charge on any atom is -0.481 e. The van der Waals surface area contributed by atoms with Crippen molar-refractivity contribution in [2.75, 3.05) is 11.9 Å². The summed E-state index contributed by atoms with van der Waals surface area (Å²) in [5.41, 5.74) is 2.16. The summed E-state index contributed by atoms with van der Waals surface area (Å²) in [6.07, 6.45) is -0.111. The maximum atomic E-state index is 11.7. The van der Waals surface area contributed by atoms with Gasteiger partial charge < -0.3 is 15.7 Å². The van der Waals surface area contributed by atoms with Crippen molar-refractivity contribution >= 4 is 28.6 Å². The summed E-state index contributed by atoms with van der Waals surface area (Å²) < 4.78 is 0. The fourth-order valence-electron chi connectivity index (χ4n) is 1.79. The lowest BCUT2D eigenvalue weighted by Crippen LogP contribution is -2.30. The number of rotatable bonds is 4. The molecule has 1 aromatic carbocycles. The van der Waals surface area contributed by atoms with Crippen molar-refractivity contribution < 1.29 is 14.7 Å². The van der Waals surface area contributed by atoms with Crippen molar-refractivity contribution in [3.05, 3.63) is 36.0 Å². The van der Waals surface area contributed by atoms with Gasteiger partial charge in [0, 0.05) is 17.6 Å². The van der Waals surface area contributed by atoms with E-state index in [0.29, 0.717) is 11.2 Å². The Bertz CT molecular complexity index is 655. The Morgan fingerprint density at radius 1 is 1.25 bits per heavy atom. The Balaban J connectivity index is 2.11. The van der Waals surface area contributed by atoms with Crippen molar-refractivity contribution in [3.63, 3.8) is 0 Å². The van der Waals surface area contributed by atoms with Gasteiger partial charge in [0.1, 0.15) is 0 Å². The van der Waals surface area contributed by atoms with Crippen LogP contribution in [0.4, 0.5) is 10.5 Å². The number of para-hydroxylation sites is 1. The third-order valence-electron chi connectivity index (χ3n) is 2.73. The van der Waals surface area contributed by atoms with Crippen LogP contribution in [0.5, 0.6) is 0 Å². The average Bonchev–Trinajstić information content (AvgIpc) is 2.39. The molecule has 3 N–H and O–H groups in total. The van der Waals surface area contributed by atoms with Gasteiger partial charge in [-0.3, -0.25) is 9.78 Å². The van der Waals surface area contributed by atoms with Crippen LogP contribution >= 0.6 is 0 Å². The number of carboxylic acid groups (broad SMARTS) is 1. The summed E-state index contributed by atoms with van der Waals surface area (Å²) in [6, 6.07) is 8.89. The smallest absolute Gasteiger partial charge is 0.319 e. The molecule has 1 aromatic heterocycles. The molecule has 0 fully saturated rings. The molecule has 2 rings (SSSR count). The Hall–Kier alpha value is -2.63. The molecule has 0 unspecified atom stereocenters. The second kappa shape index (κ2) is 6.01. The molecule has 104 valence electrons. The predicted molar refractivity (Wildman–Crippen MR) is 75.8 cm³/mol. The van der Waals surface area contributed by atoms with Gasteiger partial charge in [0.05, 0.1) is 17.6 Å². The summed E-state index contributed by atoms with van der Waals surface area (Å²) in [4.78, 5) is 26.4. The predicted octanol–water partition coefficient (Wildman–Crippen LogP) is 2.14. The number of aliphatic carboxylic acids is 1. The molecule has 0 aliphatic carbocycles. The van der Waals surface area contributed by atoms with Crippen LogP contribution in [0.15, 0.2) is 30.3 Å². The van der Waals surface area contributed by atoms with Gasteiger partial charge in [-0.2, -0.15) is 0 Å². The largest absolute Gasteiger partial charge is 0.481 e. The summed E-state index contributed by atoms with van der Waals surface area (Å²) in [7, 11) is 0. The SMILES string of the molecule is Cc1ccc2cccc(NC(=O)NCCC(=O)O)c2n1. The quantitative estimate of drug-likeness (QED) is 0.795. The van der Waals surface area contributed by atoms with E-state index in [0.717, 1.165) is 11.1 Å². The molecule has 0 radical (unpaired) electrons. The molecule has 0 aliphatic heterocycles. The molecule has 2 amide bonds. The maximum absolute atomic E-state index is 11.7. The number of fused-ring (bicyclic) bond motifs is 1. The molecule has 1 heterocycles. The van der Waals surface area contributed by atoms with E-state index in [9.17, 15) is 9.59 Å².